The van der Waals surface area contributed by atoms with Crippen molar-refractivity contribution >= 4 is 62.1 Å². The second-order valence-corrected chi connectivity index (χ2v) is 24.0. The highest BCUT2D eigenvalue weighted by Gasteiger charge is 2.48. The van der Waals surface area contributed by atoms with Gasteiger partial charge in [-0.25, -0.2) is 0 Å². The molecule has 422 valence electrons. The fraction of sp³-hybridized carbons (Fsp3) is 0.0575. The Bertz CT molecular complexity index is 4950. The maximum Gasteiger partial charge on any atom is 0.0714 e. The Kier molecular flexibility index (Phi) is 13.0. The predicted octanol–water partition coefficient (Wildman–Crippen LogP) is 22.5. The van der Waals surface area contributed by atoms with Gasteiger partial charge >= 0.3 is 0 Å². The lowest BCUT2D eigenvalue weighted by molar-refractivity contribution is 0.628. The van der Waals surface area contributed by atoms with E-state index in [4.69, 9.17) is 0 Å². The first-order chi connectivity index (χ1) is 43.9. The van der Waals surface area contributed by atoms with Gasteiger partial charge in [-0.15, -0.1) is 0 Å². The third-order valence-corrected chi connectivity index (χ3v) is 19.4. The molecule has 0 aromatic heterocycles. The summed E-state index contributed by atoms with van der Waals surface area (Å²) >= 11 is 0. The molecule has 0 radical (unpaired) electrons. The summed E-state index contributed by atoms with van der Waals surface area (Å²) in [5.74, 6) is 0.285. The minimum atomic E-state index is -0.576. The normalized spacial score (nSPS) is 17.7. The molecule has 0 amide bonds. The van der Waals surface area contributed by atoms with E-state index < -0.39 is 10.8 Å². The third-order valence-electron chi connectivity index (χ3n) is 19.4. The van der Waals surface area contributed by atoms with E-state index in [0.29, 0.717) is 0 Å². The smallest absolute Gasteiger partial charge is 0.0714 e. The maximum absolute atomic E-state index is 4.11. The van der Waals surface area contributed by atoms with E-state index in [-0.39, 0.29) is 11.8 Å². The minimum Gasteiger partial charge on any atom is -0.310 e. The van der Waals surface area contributed by atoms with Gasteiger partial charge in [-0.05, 0) is 155 Å². The molecular formula is C87H64N2. The van der Waals surface area contributed by atoms with Gasteiger partial charge in [-0.2, -0.15) is 0 Å². The van der Waals surface area contributed by atoms with E-state index in [0.717, 1.165) is 45.3 Å². The second kappa shape index (κ2) is 21.7. The Balaban J connectivity index is 0.809. The van der Waals surface area contributed by atoms with Crippen molar-refractivity contribution in [2.24, 2.45) is 5.92 Å². The van der Waals surface area contributed by atoms with Crippen molar-refractivity contribution in [3.63, 3.8) is 0 Å². The van der Waals surface area contributed by atoms with E-state index in [1.54, 1.807) is 0 Å². The van der Waals surface area contributed by atoms with Crippen LogP contribution < -0.4 is 9.80 Å². The van der Waals surface area contributed by atoms with Crippen LogP contribution in [0.25, 0.3) is 56.0 Å². The molecule has 2 nitrogen and oxygen atoms in total. The average molecular weight is 1140 g/mol. The largest absolute Gasteiger partial charge is 0.310 e. The van der Waals surface area contributed by atoms with Gasteiger partial charge in [-0.3, -0.25) is 0 Å². The van der Waals surface area contributed by atoms with Crippen molar-refractivity contribution in [1.29, 1.82) is 0 Å². The van der Waals surface area contributed by atoms with Gasteiger partial charge in [0.05, 0.1) is 22.2 Å². The Morgan fingerprint density at radius 3 is 1.25 bits per heavy atom. The summed E-state index contributed by atoms with van der Waals surface area (Å²) in [6.45, 7) is 10.6. The van der Waals surface area contributed by atoms with E-state index >= 15 is 0 Å². The molecule has 0 bridgehead atoms. The predicted molar refractivity (Wildman–Crippen MR) is 375 cm³/mol. The molecule has 89 heavy (non-hydrogen) atoms. The summed E-state index contributed by atoms with van der Waals surface area (Å²) in [4.78, 5) is 4.98. The first-order valence-electron chi connectivity index (χ1n) is 31.1. The van der Waals surface area contributed by atoms with Gasteiger partial charge in [0.1, 0.15) is 0 Å². The van der Waals surface area contributed by atoms with Gasteiger partial charge in [0.2, 0.25) is 0 Å². The quantitative estimate of drug-likeness (QED) is 0.114. The molecule has 0 N–H and O–H groups in total. The Morgan fingerprint density at radius 1 is 0.348 bits per heavy atom. The molecular weight excluding hydrogens is 1070 g/mol. The Labute approximate surface area is 522 Å². The number of rotatable bonds is 13. The van der Waals surface area contributed by atoms with E-state index in [2.05, 4.69) is 351 Å². The lowest BCUT2D eigenvalue weighted by Gasteiger charge is -2.36. The summed E-state index contributed by atoms with van der Waals surface area (Å²) in [5, 5.41) is 4.79. The molecule has 3 aliphatic carbocycles. The average Bonchev–Trinajstić information content (AvgIpc) is 1.59. The van der Waals surface area contributed by atoms with Crippen molar-refractivity contribution in [3.05, 3.63) is 402 Å². The number of nitrogens with zero attached hydrogens (tertiary/aromatic N) is 2. The third kappa shape index (κ3) is 8.46. The fourth-order valence-corrected chi connectivity index (χ4v) is 15.4. The molecule has 16 rings (SSSR count). The van der Waals surface area contributed by atoms with E-state index in [1.165, 1.54) is 93.9 Å². The molecule has 0 saturated heterocycles. The maximum atomic E-state index is 4.11. The highest BCUT2D eigenvalue weighted by molar-refractivity contribution is 6.01. The van der Waals surface area contributed by atoms with Crippen molar-refractivity contribution in [1.82, 2.24) is 0 Å². The minimum absolute atomic E-state index is 0.129. The van der Waals surface area contributed by atoms with Crippen LogP contribution in [0.4, 0.5) is 28.4 Å². The molecule has 0 spiro atoms. The second-order valence-electron chi connectivity index (χ2n) is 24.0. The summed E-state index contributed by atoms with van der Waals surface area (Å²) in [7, 11) is 0. The summed E-state index contributed by atoms with van der Waals surface area (Å²) in [5.41, 5.74) is 24.0. The molecule has 4 unspecified atom stereocenters. The number of hydrogen-bond donors (Lipinski definition) is 0. The zero-order valence-corrected chi connectivity index (χ0v) is 49.7. The van der Waals surface area contributed by atoms with Crippen LogP contribution in [0.15, 0.2) is 340 Å². The van der Waals surface area contributed by atoms with Gasteiger partial charge < -0.3 is 9.80 Å². The van der Waals surface area contributed by atoms with Gasteiger partial charge in [0.25, 0.3) is 0 Å². The van der Waals surface area contributed by atoms with Crippen LogP contribution in [0.3, 0.4) is 0 Å². The van der Waals surface area contributed by atoms with E-state index in [9.17, 15) is 0 Å². The summed E-state index contributed by atoms with van der Waals surface area (Å²) in [6.07, 6.45) is 11.2. The highest BCUT2D eigenvalue weighted by Crippen LogP contribution is 2.60. The molecule has 0 aliphatic heterocycles. The first-order valence-corrected chi connectivity index (χ1v) is 31.1. The number of benzene rings is 13. The molecule has 13 aromatic carbocycles. The lowest BCUT2D eigenvalue weighted by atomic mass is 9.67. The molecule has 13 aromatic rings. The van der Waals surface area contributed by atoms with Gasteiger partial charge in [0.15, 0.2) is 0 Å². The number of fused-ring (bicyclic) bond motifs is 8. The SMILES string of the molecule is C=Cc1ccc(C2(c3ccccc3)c3ccccc3-c3ccc(N(C4=CC(C)C(c5ccc(N(c6ccc7c(c6)C(c6ccccc6)(c6ccc(C=C)cc6)c6ccccc6-7)c6cccc7ccccc67)cc5)C=C4)c4cccc5ccccc45)cc32)cc1. The zero-order valence-electron chi connectivity index (χ0n) is 49.7. The number of anilines is 5. The van der Waals surface area contributed by atoms with Crippen LogP contribution >= 0.6 is 0 Å². The van der Waals surface area contributed by atoms with Crippen molar-refractivity contribution in [2.45, 2.75) is 23.7 Å². The van der Waals surface area contributed by atoms with Crippen LogP contribution in [-0.2, 0) is 10.8 Å². The number of hydrogen-bond acceptors (Lipinski definition) is 2. The Morgan fingerprint density at radius 2 is 0.753 bits per heavy atom. The fourth-order valence-electron chi connectivity index (χ4n) is 15.4. The van der Waals surface area contributed by atoms with Crippen LogP contribution in [0.1, 0.15) is 74.0 Å². The molecule has 0 heterocycles. The van der Waals surface area contributed by atoms with E-state index in [1.807, 2.05) is 12.2 Å². The van der Waals surface area contributed by atoms with Crippen molar-refractivity contribution < 1.29 is 0 Å². The highest BCUT2D eigenvalue weighted by atomic mass is 15.2. The first kappa shape index (κ1) is 53.4. The molecule has 3 aliphatic rings. The molecule has 0 fully saturated rings. The summed E-state index contributed by atoms with van der Waals surface area (Å²) < 4.78 is 0. The van der Waals surface area contributed by atoms with Gasteiger partial charge in [0, 0.05) is 39.4 Å². The molecule has 0 saturated carbocycles. The van der Waals surface area contributed by atoms with Crippen molar-refractivity contribution in [3.8, 4) is 22.3 Å². The zero-order chi connectivity index (χ0) is 59.6. The monoisotopic (exact) mass is 1140 g/mol. The molecule has 2 heteroatoms. The topological polar surface area (TPSA) is 6.48 Å². The van der Waals surface area contributed by atoms with Gasteiger partial charge in [-0.1, -0.05) is 299 Å². The Hall–Kier alpha value is -11.1. The summed E-state index contributed by atoms with van der Waals surface area (Å²) in [6, 6.07) is 113. The van der Waals surface area contributed by atoms with Crippen LogP contribution in [0.2, 0.25) is 0 Å². The van der Waals surface area contributed by atoms with Crippen molar-refractivity contribution in [2.75, 3.05) is 9.80 Å². The lowest BCUT2D eigenvalue weighted by Crippen LogP contribution is -2.29. The van der Waals surface area contributed by atoms with Crippen LogP contribution in [0.5, 0.6) is 0 Å². The van der Waals surface area contributed by atoms with Crippen LogP contribution in [-0.4, -0.2) is 0 Å². The standard InChI is InChI=1S/C87H64N2/c1-4-60-38-44-67(45-39-60)86(65-26-8-6-9-27-65)80-34-18-16-32-76(80)78-54-51-71(57-82(78)86)88(84-36-20-24-62-22-12-14-30-74(62)84)69-48-42-64(43-49-69)73-53-50-70(56-59(73)3)89(85-37-21-25-63-23-13-15-31-75(63)85)72-52-55-79-77-33-17-19-35-81(77)87(83(79)58-72,66-28-10-7-11-29-66)68-46-40-61(5-2)41-47-68/h4-59,73H,1-2H2,3H3. The van der Waals surface area contributed by atoms with Crippen LogP contribution in [0, 0.1) is 5.92 Å². The molecule has 4 atom stereocenters. The number of allylic oxidation sites excluding steroid dienone is 3.